The lowest BCUT2D eigenvalue weighted by Gasteiger charge is -2.44. The van der Waals surface area contributed by atoms with E-state index in [9.17, 15) is 4.39 Å². The zero-order valence-electron chi connectivity index (χ0n) is 10.3. The molecule has 1 aromatic carbocycles. The fraction of sp³-hybridized carbons (Fsp3) is 0.571. The summed E-state index contributed by atoms with van der Waals surface area (Å²) >= 11 is 0. The molecule has 2 heterocycles. The Kier molecular flexibility index (Phi) is 3.33. The van der Waals surface area contributed by atoms with Crippen molar-refractivity contribution >= 4 is 0 Å². The van der Waals surface area contributed by atoms with Crippen molar-refractivity contribution in [1.29, 1.82) is 0 Å². The molecule has 2 saturated heterocycles. The molecule has 18 heavy (non-hydrogen) atoms. The fourth-order valence-corrected chi connectivity index (χ4v) is 2.78. The van der Waals surface area contributed by atoms with Crippen LogP contribution < -0.4 is 5.32 Å². The summed E-state index contributed by atoms with van der Waals surface area (Å²) in [6, 6.07) is 7.18. The van der Waals surface area contributed by atoms with Crippen LogP contribution in [0, 0.1) is 5.82 Å². The smallest absolute Gasteiger partial charge is 0.123 e. The molecule has 1 atom stereocenters. The van der Waals surface area contributed by atoms with Crippen LogP contribution in [0.4, 0.5) is 4.39 Å². The second-order valence-corrected chi connectivity index (χ2v) is 5.21. The summed E-state index contributed by atoms with van der Waals surface area (Å²) in [4.78, 5) is 0. The molecule has 0 aromatic heterocycles. The van der Waals surface area contributed by atoms with Crippen molar-refractivity contribution in [2.75, 3.05) is 33.0 Å². The number of rotatable bonds is 3. The molecule has 4 heteroatoms. The van der Waals surface area contributed by atoms with Crippen molar-refractivity contribution in [2.45, 2.75) is 17.9 Å². The predicted molar refractivity (Wildman–Crippen MR) is 66.1 cm³/mol. The number of nitrogens with one attached hydrogen (secondary N) is 1. The lowest BCUT2D eigenvalue weighted by atomic mass is 9.74. The molecule has 3 nitrogen and oxygen atoms in total. The van der Waals surface area contributed by atoms with E-state index in [-0.39, 0.29) is 11.2 Å². The van der Waals surface area contributed by atoms with Crippen molar-refractivity contribution in [2.24, 2.45) is 0 Å². The maximum Gasteiger partial charge on any atom is 0.123 e. The lowest BCUT2D eigenvalue weighted by Crippen LogP contribution is -2.53. The van der Waals surface area contributed by atoms with Gasteiger partial charge in [0.15, 0.2) is 0 Å². The van der Waals surface area contributed by atoms with Crippen molar-refractivity contribution in [3.63, 3.8) is 0 Å². The predicted octanol–water partition coefficient (Wildman–Crippen LogP) is 1.47. The van der Waals surface area contributed by atoms with Crippen LogP contribution in [0.5, 0.6) is 0 Å². The van der Waals surface area contributed by atoms with Gasteiger partial charge in [0, 0.05) is 18.0 Å². The van der Waals surface area contributed by atoms with Crippen LogP contribution in [0.1, 0.15) is 12.0 Å². The molecule has 0 saturated carbocycles. The van der Waals surface area contributed by atoms with Crippen LogP contribution in [-0.2, 0) is 14.9 Å². The number of hydrogen-bond acceptors (Lipinski definition) is 3. The topological polar surface area (TPSA) is 30.5 Å². The molecule has 0 spiro atoms. The largest absolute Gasteiger partial charge is 0.379 e. The lowest BCUT2D eigenvalue weighted by molar-refractivity contribution is -0.0753. The zero-order valence-corrected chi connectivity index (χ0v) is 10.3. The summed E-state index contributed by atoms with van der Waals surface area (Å²) in [5.74, 6) is -0.187. The second-order valence-electron chi connectivity index (χ2n) is 5.21. The molecule has 0 amide bonds. The van der Waals surface area contributed by atoms with Gasteiger partial charge in [0.05, 0.1) is 26.4 Å². The van der Waals surface area contributed by atoms with Crippen LogP contribution >= 0.6 is 0 Å². The molecule has 2 aliphatic heterocycles. The molecule has 0 radical (unpaired) electrons. The third-order valence-electron chi connectivity index (χ3n) is 3.85. The van der Waals surface area contributed by atoms with E-state index in [2.05, 4.69) is 5.32 Å². The van der Waals surface area contributed by atoms with Gasteiger partial charge in [0.1, 0.15) is 5.82 Å². The Labute approximate surface area is 106 Å². The Bertz CT molecular complexity index is 397. The maximum absolute atomic E-state index is 13.0. The van der Waals surface area contributed by atoms with E-state index in [0.717, 1.165) is 39.4 Å². The normalized spacial score (nSPS) is 26.6. The van der Waals surface area contributed by atoms with E-state index < -0.39 is 0 Å². The third-order valence-corrected chi connectivity index (χ3v) is 3.85. The SMILES string of the molecule is Fc1ccc(C2(CC3COCCN3)COC2)cc1. The van der Waals surface area contributed by atoms with Gasteiger partial charge in [-0.1, -0.05) is 12.1 Å². The van der Waals surface area contributed by atoms with Crippen molar-refractivity contribution < 1.29 is 13.9 Å². The molecule has 1 aromatic rings. The number of benzene rings is 1. The van der Waals surface area contributed by atoms with Gasteiger partial charge < -0.3 is 14.8 Å². The molecular formula is C14H18FNO2. The molecule has 1 unspecified atom stereocenters. The van der Waals surface area contributed by atoms with E-state index >= 15 is 0 Å². The number of halogens is 1. The van der Waals surface area contributed by atoms with Crippen molar-refractivity contribution in [3.05, 3.63) is 35.6 Å². The van der Waals surface area contributed by atoms with Gasteiger partial charge in [-0.25, -0.2) is 4.39 Å². The molecule has 2 fully saturated rings. The Morgan fingerprint density at radius 3 is 2.56 bits per heavy atom. The minimum absolute atomic E-state index is 0.0338. The first-order valence-corrected chi connectivity index (χ1v) is 6.43. The van der Waals surface area contributed by atoms with Gasteiger partial charge in [-0.15, -0.1) is 0 Å². The number of ether oxygens (including phenoxy) is 2. The summed E-state index contributed by atoms with van der Waals surface area (Å²) in [5, 5.41) is 3.47. The number of hydrogen-bond donors (Lipinski definition) is 1. The summed E-state index contributed by atoms with van der Waals surface area (Å²) in [6.07, 6.45) is 0.985. The Morgan fingerprint density at radius 1 is 1.22 bits per heavy atom. The number of morpholine rings is 1. The summed E-state index contributed by atoms with van der Waals surface area (Å²) in [6.45, 7) is 3.89. The highest BCUT2D eigenvalue weighted by molar-refractivity contribution is 5.29. The van der Waals surface area contributed by atoms with E-state index in [1.54, 1.807) is 0 Å². The third kappa shape index (κ3) is 2.28. The Morgan fingerprint density at radius 2 is 2.00 bits per heavy atom. The van der Waals surface area contributed by atoms with Gasteiger partial charge >= 0.3 is 0 Å². The Hall–Kier alpha value is -0.970. The first kappa shape index (κ1) is 12.1. The molecule has 0 bridgehead atoms. The monoisotopic (exact) mass is 251 g/mol. The van der Waals surface area contributed by atoms with E-state index in [0.29, 0.717) is 6.04 Å². The average molecular weight is 251 g/mol. The van der Waals surface area contributed by atoms with Crippen molar-refractivity contribution in [3.8, 4) is 0 Å². The zero-order chi connectivity index (χ0) is 12.4. The quantitative estimate of drug-likeness (QED) is 0.882. The first-order chi connectivity index (χ1) is 8.78. The second kappa shape index (κ2) is 4.96. The molecule has 98 valence electrons. The molecule has 0 aliphatic carbocycles. The van der Waals surface area contributed by atoms with Crippen LogP contribution in [0.15, 0.2) is 24.3 Å². The summed E-state index contributed by atoms with van der Waals surface area (Å²) in [7, 11) is 0. The van der Waals surface area contributed by atoms with Crippen molar-refractivity contribution in [1.82, 2.24) is 5.32 Å². The standard InChI is InChI=1S/C14H18FNO2/c15-12-3-1-11(2-4-12)14(9-18-10-14)7-13-8-17-6-5-16-13/h1-4,13,16H,5-10H2. The molecule has 2 aliphatic rings. The fourth-order valence-electron chi connectivity index (χ4n) is 2.78. The minimum atomic E-state index is -0.187. The molecular weight excluding hydrogens is 233 g/mol. The van der Waals surface area contributed by atoms with E-state index in [1.807, 2.05) is 12.1 Å². The van der Waals surface area contributed by atoms with Gasteiger partial charge in [-0.05, 0) is 24.1 Å². The highest BCUT2D eigenvalue weighted by Gasteiger charge is 2.42. The first-order valence-electron chi connectivity index (χ1n) is 6.43. The highest BCUT2D eigenvalue weighted by Crippen LogP contribution is 2.37. The van der Waals surface area contributed by atoms with Crippen LogP contribution in [0.2, 0.25) is 0 Å². The van der Waals surface area contributed by atoms with E-state index in [4.69, 9.17) is 9.47 Å². The summed E-state index contributed by atoms with van der Waals surface area (Å²) < 4.78 is 23.9. The maximum atomic E-state index is 13.0. The molecule has 1 N–H and O–H groups in total. The molecule has 3 rings (SSSR count). The van der Waals surface area contributed by atoms with Gasteiger partial charge in [-0.2, -0.15) is 0 Å². The van der Waals surface area contributed by atoms with Gasteiger partial charge in [-0.3, -0.25) is 0 Å². The summed E-state index contributed by atoms with van der Waals surface area (Å²) in [5.41, 5.74) is 1.20. The van der Waals surface area contributed by atoms with Gasteiger partial charge in [0.25, 0.3) is 0 Å². The van der Waals surface area contributed by atoms with Crippen LogP contribution in [-0.4, -0.2) is 39.0 Å². The van der Waals surface area contributed by atoms with Crippen LogP contribution in [0.25, 0.3) is 0 Å². The average Bonchev–Trinajstić information content (AvgIpc) is 2.36. The van der Waals surface area contributed by atoms with Crippen LogP contribution in [0.3, 0.4) is 0 Å². The van der Waals surface area contributed by atoms with E-state index in [1.165, 1.54) is 17.7 Å². The highest BCUT2D eigenvalue weighted by atomic mass is 19.1. The Balaban J connectivity index is 1.74. The minimum Gasteiger partial charge on any atom is -0.379 e. The van der Waals surface area contributed by atoms with Gasteiger partial charge in [0.2, 0.25) is 0 Å².